The Morgan fingerprint density at radius 2 is 2.12 bits per heavy atom. The first kappa shape index (κ1) is 12.4. The summed E-state index contributed by atoms with van der Waals surface area (Å²) >= 11 is 0. The molecule has 0 aliphatic carbocycles. The summed E-state index contributed by atoms with van der Waals surface area (Å²) in [6, 6.07) is 8.76. The molecule has 0 saturated carbocycles. The lowest BCUT2D eigenvalue weighted by Gasteiger charge is -2.33. The number of benzene rings is 1. The number of hydrogen-bond donors (Lipinski definition) is 1. The second-order valence-corrected chi connectivity index (χ2v) is 4.93. The normalized spacial score (nSPS) is 17.4. The van der Waals surface area contributed by atoms with Gasteiger partial charge in [0.1, 0.15) is 0 Å². The molecule has 0 aromatic heterocycles. The number of piperidine rings is 1. The zero-order valence-electron chi connectivity index (χ0n) is 10.6. The predicted octanol–water partition coefficient (Wildman–Crippen LogP) is 2.49. The van der Waals surface area contributed by atoms with E-state index in [0.717, 1.165) is 25.4 Å². The van der Waals surface area contributed by atoms with Crippen LogP contribution in [0.2, 0.25) is 0 Å². The molecule has 2 N–H and O–H groups in total. The van der Waals surface area contributed by atoms with Gasteiger partial charge in [0.25, 0.3) is 0 Å². The van der Waals surface area contributed by atoms with Gasteiger partial charge >= 0.3 is 0 Å². The van der Waals surface area contributed by atoms with E-state index in [1.807, 2.05) is 0 Å². The number of aryl methyl sites for hydroxylation is 1. The lowest BCUT2D eigenvalue weighted by molar-refractivity contribution is 0.118. The van der Waals surface area contributed by atoms with E-state index in [9.17, 15) is 0 Å². The lowest BCUT2D eigenvalue weighted by Crippen LogP contribution is -2.34. The third-order valence-electron chi connectivity index (χ3n) is 3.63. The highest BCUT2D eigenvalue weighted by molar-refractivity contribution is 5.48. The Labute approximate surface area is 104 Å². The molecular formula is C14H22N2O. The Balaban J connectivity index is 1.86. The van der Waals surface area contributed by atoms with Crippen LogP contribution in [0, 0.1) is 12.8 Å². The molecule has 2 rings (SSSR count). The van der Waals surface area contributed by atoms with E-state index in [0.29, 0.717) is 6.61 Å². The van der Waals surface area contributed by atoms with E-state index in [1.165, 1.54) is 24.1 Å². The van der Waals surface area contributed by atoms with Crippen LogP contribution in [0.3, 0.4) is 0 Å². The molecule has 1 aromatic carbocycles. The summed E-state index contributed by atoms with van der Waals surface area (Å²) in [4.78, 5) is 7.14. The maximum Gasteiger partial charge on any atom is 0.0681 e. The second-order valence-electron chi connectivity index (χ2n) is 4.93. The van der Waals surface area contributed by atoms with Crippen molar-refractivity contribution in [3.63, 3.8) is 0 Å². The van der Waals surface area contributed by atoms with Gasteiger partial charge in [0, 0.05) is 18.8 Å². The Kier molecular flexibility index (Phi) is 4.40. The topological polar surface area (TPSA) is 38.5 Å². The summed E-state index contributed by atoms with van der Waals surface area (Å²) in [6.07, 6.45) is 3.59. The maximum atomic E-state index is 5.07. The molecule has 3 nitrogen and oxygen atoms in total. The standard InChI is InChI=1S/C14H22N2O/c1-12-3-2-4-14(11-12)16-8-5-13(6-9-16)7-10-17-15/h2-4,11,13H,5-10,15H2,1H3. The molecule has 3 heteroatoms. The second kappa shape index (κ2) is 6.03. The van der Waals surface area contributed by atoms with Crippen LogP contribution in [0.15, 0.2) is 24.3 Å². The van der Waals surface area contributed by atoms with Crippen LogP contribution in [-0.2, 0) is 4.84 Å². The molecule has 1 aliphatic rings. The highest BCUT2D eigenvalue weighted by atomic mass is 16.6. The van der Waals surface area contributed by atoms with Gasteiger partial charge < -0.3 is 9.74 Å². The summed E-state index contributed by atoms with van der Waals surface area (Å²) in [5.74, 6) is 5.85. The summed E-state index contributed by atoms with van der Waals surface area (Å²) < 4.78 is 0. The van der Waals surface area contributed by atoms with Gasteiger partial charge in [-0.1, -0.05) is 12.1 Å². The Bertz CT molecular complexity index is 346. The van der Waals surface area contributed by atoms with Crippen LogP contribution < -0.4 is 10.8 Å². The Morgan fingerprint density at radius 1 is 1.35 bits per heavy atom. The fourth-order valence-corrected chi connectivity index (χ4v) is 2.54. The number of rotatable bonds is 4. The molecule has 1 aromatic rings. The Morgan fingerprint density at radius 3 is 2.76 bits per heavy atom. The molecule has 0 unspecified atom stereocenters. The molecule has 94 valence electrons. The first-order valence-corrected chi connectivity index (χ1v) is 6.43. The van der Waals surface area contributed by atoms with Crippen molar-refractivity contribution >= 4 is 5.69 Å². The van der Waals surface area contributed by atoms with Gasteiger partial charge in [0.15, 0.2) is 0 Å². The number of anilines is 1. The van der Waals surface area contributed by atoms with Gasteiger partial charge in [-0.3, -0.25) is 0 Å². The van der Waals surface area contributed by atoms with Gasteiger partial charge in [-0.25, -0.2) is 5.90 Å². The van der Waals surface area contributed by atoms with E-state index in [1.54, 1.807) is 0 Å². The predicted molar refractivity (Wildman–Crippen MR) is 70.9 cm³/mol. The largest absolute Gasteiger partial charge is 0.372 e. The molecule has 0 spiro atoms. The monoisotopic (exact) mass is 234 g/mol. The minimum atomic E-state index is 0.690. The average Bonchev–Trinajstić information content (AvgIpc) is 2.37. The van der Waals surface area contributed by atoms with Gasteiger partial charge in [-0.2, -0.15) is 0 Å². The van der Waals surface area contributed by atoms with E-state index < -0.39 is 0 Å². The van der Waals surface area contributed by atoms with Crippen molar-refractivity contribution in [1.82, 2.24) is 0 Å². The van der Waals surface area contributed by atoms with Crippen molar-refractivity contribution in [1.29, 1.82) is 0 Å². The van der Waals surface area contributed by atoms with Crippen molar-refractivity contribution < 1.29 is 4.84 Å². The number of nitrogens with zero attached hydrogens (tertiary/aromatic N) is 1. The maximum absolute atomic E-state index is 5.07. The molecule has 1 fully saturated rings. The summed E-state index contributed by atoms with van der Waals surface area (Å²) in [5.41, 5.74) is 2.69. The molecule has 0 amide bonds. The molecule has 1 heterocycles. The molecule has 0 radical (unpaired) electrons. The van der Waals surface area contributed by atoms with Crippen LogP contribution in [0.5, 0.6) is 0 Å². The van der Waals surface area contributed by atoms with Gasteiger partial charge in [-0.05, 0) is 49.8 Å². The third kappa shape index (κ3) is 3.45. The lowest BCUT2D eigenvalue weighted by atomic mass is 9.93. The third-order valence-corrected chi connectivity index (χ3v) is 3.63. The summed E-state index contributed by atoms with van der Waals surface area (Å²) in [7, 11) is 0. The summed E-state index contributed by atoms with van der Waals surface area (Å²) in [5, 5.41) is 0. The molecule has 17 heavy (non-hydrogen) atoms. The molecule has 0 bridgehead atoms. The zero-order valence-corrected chi connectivity index (χ0v) is 10.6. The Hall–Kier alpha value is -1.06. The molecule has 1 saturated heterocycles. The average molecular weight is 234 g/mol. The highest BCUT2D eigenvalue weighted by Crippen LogP contribution is 2.25. The van der Waals surface area contributed by atoms with Crippen LogP contribution in [0.25, 0.3) is 0 Å². The van der Waals surface area contributed by atoms with E-state index in [-0.39, 0.29) is 0 Å². The van der Waals surface area contributed by atoms with E-state index >= 15 is 0 Å². The van der Waals surface area contributed by atoms with Crippen LogP contribution in [-0.4, -0.2) is 19.7 Å². The van der Waals surface area contributed by atoms with Gasteiger partial charge in [0.05, 0.1) is 6.61 Å². The van der Waals surface area contributed by atoms with Crippen molar-refractivity contribution in [3.05, 3.63) is 29.8 Å². The van der Waals surface area contributed by atoms with Crippen molar-refractivity contribution in [3.8, 4) is 0 Å². The molecule has 0 atom stereocenters. The highest BCUT2D eigenvalue weighted by Gasteiger charge is 2.19. The van der Waals surface area contributed by atoms with Gasteiger partial charge in [0.2, 0.25) is 0 Å². The molecular weight excluding hydrogens is 212 g/mol. The number of hydrogen-bond acceptors (Lipinski definition) is 3. The fourth-order valence-electron chi connectivity index (χ4n) is 2.54. The first-order chi connectivity index (χ1) is 8.29. The fraction of sp³-hybridized carbons (Fsp3) is 0.571. The van der Waals surface area contributed by atoms with Crippen molar-refractivity contribution in [2.75, 3.05) is 24.6 Å². The van der Waals surface area contributed by atoms with Crippen LogP contribution >= 0.6 is 0 Å². The number of nitrogens with two attached hydrogens (primary N) is 1. The van der Waals surface area contributed by atoms with Crippen molar-refractivity contribution in [2.24, 2.45) is 11.8 Å². The van der Waals surface area contributed by atoms with E-state index in [4.69, 9.17) is 5.90 Å². The quantitative estimate of drug-likeness (QED) is 0.813. The minimum Gasteiger partial charge on any atom is -0.372 e. The first-order valence-electron chi connectivity index (χ1n) is 6.43. The summed E-state index contributed by atoms with van der Waals surface area (Å²) in [6.45, 7) is 5.14. The smallest absolute Gasteiger partial charge is 0.0681 e. The van der Waals surface area contributed by atoms with Crippen LogP contribution in [0.4, 0.5) is 5.69 Å². The zero-order chi connectivity index (χ0) is 12.1. The molecule has 1 aliphatic heterocycles. The van der Waals surface area contributed by atoms with Crippen molar-refractivity contribution in [2.45, 2.75) is 26.2 Å². The SMILES string of the molecule is Cc1cccc(N2CCC(CCON)CC2)c1. The van der Waals surface area contributed by atoms with Gasteiger partial charge in [-0.15, -0.1) is 0 Å². The minimum absolute atomic E-state index is 0.690. The van der Waals surface area contributed by atoms with Crippen LogP contribution in [0.1, 0.15) is 24.8 Å². The van der Waals surface area contributed by atoms with E-state index in [2.05, 4.69) is 40.9 Å².